The fraction of sp³-hybridized carbons (Fsp3) is 0.143. The number of hydrogen-bond acceptors (Lipinski definition) is 3. The molecule has 0 radical (unpaired) electrons. The molecule has 5 heteroatoms. The topological polar surface area (TPSA) is 71.5 Å². The van der Waals surface area contributed by atoms with E-state index in [4.69, 9.17) is 9.84 Å². The number of benzene rings is 1. The number of nitrogens with zero attached hydrogens (tertiary/aromatic N) is 1. The molecule has 2 rings (SSSR count). The van der Waals surface area contributed by atoms with Crippen molar-refractivity contribution in [3.63, 3.8) is 0 Å². The minimum absolute atomic E-state index is 0.519. The Hall–Kier alpha value is -2.56. The third kappa shape index (κ3) is 3.70. The molecule has 5 nitrogen and oxygen atoms in total. The van der Waals surface area contributed by atoms with Gasteiger partial charge >= 0.3 is 6.09 Å². The van der Waals surface area contributed by atoms with Gasteiger partial charge in [-0.2, -0.15) is 0 Å². The van der Waals surface area contributed by atoms with Crippen LogP contribution in [-0.2, 0) is 6.42 Å². The van der Waals surface area contributed by atoms with Gasteiger partial charge in [-0.3, -0.25) is 10.3 Å². The molecule has 0 saturated heterocycles. The van der Waals surface area contributed by atoms with Crippen molar-refractivity contribution < 1.29 is 14.6 Å². The average molecular weight is 258 g/mol. The summed E-state index contributed by atoms with van der Waals surface area (Å²) in [7, 11) is 1.62. The summed E-state index contributed by atoms with van der Waals surface area (Å²) in [5.41, 5.74) is 2.41. The van der Waals surface area contributed by atoms with Gasteiger partial charge in [0.15, 0.2) is 0 Å². The zero-order valence-electron chi connectivity index (χ0n) is 10.5. The third-order valence-electron chi connectivity index (χ3n) is 2.61. The molecule has 1 amide bonds. The van der Waals surface area contributed by atoms with E-state index in [0.29, 0.717) is 12.1 Å². The summed E-state index contributed by atoms with van der Waals surface area (Å²) < 4.78 is 5.09. The summed E-state index contributed by atoms with van der Waals surface area (Å²) in [6.07, 6.45) is 1.14. The molecule has 0 aliphatic heterocycles. The highest BCUT2D eigenvalue weighted by Crippen LogP contribution is 2.15. The van der Waals surface area contributed by atoms with E-state index in [0.717, 1.165) is 17.0 Å². The molecule has 98 valence electrons. The molecule has 1 aromatic carbocycles. The summed E-state index contributed by atoms with van der Waals surface area (Å²) >= 11 is 0. The van der Waals surface area contributed by atoms with E-state index >= 15 is 0 Å². The minimum atomic E-state index is -1.08. The largest absolute Gasteiger partial charge is 0.497 e. The number of carbonyl (C=O) groups is 1. The lowest BCUT2D eigenvalue weighted by molar-refractivity contribution is 0.210. The second kappa shape index (κ2) is 5.86. The van der Waals surface area contributed by atoms with Gasteiger partial charge in [0.2, 0.25) is 0 Å². The smallest absolute Gasteiger partial charge is 0.409 e. The molecule has 0 spiro atoms. The SMILES string of the molecule is COc1ccc(Cc2cc(NC(=O)O)ccn2)cc1. The van der Waals surface area contributed by atoms with Crippen LogP contribution in [0.3, 0.4) is 0 Å². The maximum Gasteiger partial charge on any atom is 0.409 e. The van der Waals surface area contributed by atoms with Gasteiger partial charge in [-0.1, -0.05) is 12.1 Å². The number of hydrogen-bond donors (Lipinski definition) is 2. The van der Waals surface area contributed by atoms with Crippen molar-refractivity contribution in [2.75, 3.05) is 12.4 Å². The molecular weight excluding hydrogens is 244 g/mol. The van der Waals surface area contributed by atoms with Gasteiger partial charge in [-0.25, -0.2) is 4.79 Å². The molecule has 19 heavy (non-hydrogen) atoms. The Morgan fingerprint density at radius 3 is 2.68 bits per heavy atom. The number of nitrogens with one attached hydrogen (secondary N) is 1. The van der Waals surface area contributed by atoms with Crippen LogP contribution >= 0.6 is 0 Å². The van der Waals surface area contributed by atoms with Gasteiger partial charge in [-0.05, 0) is 29.8 Å². The Kier molecular flexibility index (Phi) is 3.97. The van der Waals surface area contributed by atoms with Crippen molar-refractivity contribution in [2.45, 2.75) is 6.42 Å². The third-order valence-corrected chi connectivity index (χ3v) is 2.61. The van der Waals surface area contributed by atoms with Gasteiger partial charge < -0.3 is 9.84 Å². The predicted molar refractivity (Wildman–Crippen MR) is 71.7 cm³/mol. The molecule has 0 unspecified atom stereocenters. The molecule has 0 aliphatic carbocycles. The van der Waals surface area contributed by atoms with Crippen molar-refractivity contribution in [2.24, 2.45) is 0 Å². The van der Waals surface area contributed by atoms with E-state index in [1.807, 2.05) is 24.3 Å². The zero-order valence-corrected chi connectivity index (χ0v) is 10.5. The summed E-state index contributed by atoms with van der Waals surface area (Å²) in [6, 6.07) is 11.0. The van der Waals surface area contributed by atoms with Gasteiger partial charge in [-0.15, -0.1) is 0 Å². The van der Waals surface area contributed by atoms with Crippen LogP contribution in [0.25, 0.3) is 0 Å². The number of anilines is 1. The Morgan fingerprint density at radius 1 is 1.32 bits per heavy atom. The van der Waals surface area contributed by atoms with E-state index in [1.54, 1.807) is 25.4 Å². The maximum absolute atomic E-state index is 10.6. The van der Waals surface area contributed by atoms with Gasteiger partial charge in [0.1, 0.15) is 5.75 Å². The highest BCUT2D eigenvalue weighted by molar-refractivity contribution is 5.82. The first-order valence-electron chi connectivity index (χ1n) is 5.75. The summed E-state index contributed by atoms with van der Waals surface area (Å²) in [4.78, 5) is 14.8. The lowest BCUT2D eigenvalue weighted by atomic mass is 10.1. The monoisotopic (exact) mass is 258 g/mol. The Balaban J connectivity index is 2.11. The number of ether oxygens (including phenoxy) is 1. The molecule has 0 bridgehead atoms. The number of amides is 1. The van der Waals surface area contributed by atoms with E-state index in [-0.39, 0.29) is 0 Å². The predicted octanol–water partition coefficient (Wildman–Crippen LogP) is 2.77. The number of aromatic nitrogens is 1. The van der Waals surface area contributed by atoms with Crippen LogP contribution in [0, 0.1) is 0 Å². The van der Waals surface area contributed by atoms with Gasteiger partial charge in [0.05, 0.1) is 7.11 Å². The van der Waals surface area contributed by atoms with Crippen LogP contribution in [0.15, 0.2) is 42.6 Å². The molecule has 2 N–H and O–H groups in total. The average Bonchev–Trinajstić information content (AvgIpc) is 2.39. The van der Waals surface area contributed by atoms with E-state index in [2.05, 4.69) is 10.3 Å². The summed E-state index contributed by atoms with van der Waals surface area (Å²) in [6.45, 7) is 0. The molecule has 0 atom stereocenters. The normalized spacial score (nSPS) is 9.95. The van der Waals surface area contributed by atoms with Crippen LogP contribution in [0.4, 0.5) is 10.5 Å². The molecule has 0 saturated carbocycles. The van der Waals surface area contributed by atoms with E-state index in [1.165, 1.54) is 0 Å². The number of rotatable bonds is 4. The molecule has 1 heterocycles. The highest BCUT2D eigenvalue weighted by atomic mass is 16.5. The number of carboxylic acid groups (broad SMARTS) is 1. The van der Waals surface area contributed by atoms with E-state index < -0.39 is 6.09 Å². The quantitative estimate of drug-likeness (QED) is 0.884. The molecule has 0 fully saturated rings. The van der Waals surface area contributed by atoms with Crippen molar-refractivity contribution >= 4 is 11.8 Å². The van der Waals surface area contributed by atoms with Crippen molar-refractivity contribution in [1.29, 1.82) is 0 Å². The van der Waals surface area contributed by atoms with Crippen LogP contribution in [0.1, 0.15) is 11.3 Å². The fourth-order valence-electron chi connectivity index (χ4n) is 1.73. The number of pyridine rings is 1. The number of methoxy groups -OCH3 is 1. The van der Waals surface area contributed by atoms with Crippen molar-refractivity contribution in [1.82, 2.24) is 4.98 Å². The van der Waals surface area contributed by atoms with Crippen molar-refractivity contribution in [3.8, 4) is 5.75 Å². The van der Waals surface area contributed by atoms with Gasteiger partial charge in [0, 0.05) is 24.0 Å². The van der Waals surface area contributed by atoms with Crippen molar-refractivity contribution in [3.05, 3.63) is 53.9 Å². The summed E-state index contributed by atoms with van der Waals surface area (Å²) in [5, 5.41) is 11.0. The van der Waals surface area contributed by atoms with Gasteiger partial charge in [0.25, 0.3) is 0 Å². The molecule has 0 aliphatic rings. The molecular formula is C14H14N2O3. The second-order valence-electron chi connectivity index (χ2n) is 3.99. The lowest BCUT2D eigenvalue weighted by Crippen LogP contribution is -2.07. The highest BCUT2D eigenvalue weighted by Gasteiger charge is 2.02. The Bertz CT molecular complexity index is 567. The first kappa shape index (κ1) is 12.9. The Labute approximate surface area is 110 Å². The zero-order chi connectivity index (χ0) is 13.7. The standard InChI is InChI=1S/C14H14N2O3/c1-19-13-4-2-10(3-5-13)8-12-9-11(6-7-15-12)16-14(17)18/h2-7,9H,8H2,1H3,(H,15,16)(H,17,18). The fourth-order valence-corrected chi connectivity index (χ4v) is 1.73. The van der Waals surface area contributed by atoms with Crippen LogP contribution in [0.5, 0.6) is 5.75 Å². The lowest BCUT2D eigenvalue weighted by Gasteiger charge is -2.05. The maximum atomic E-state index is 10.6. The molecule has 2 aromatic rings. The minimum Gasteiger partial charge on any atom is -0.497 e. The van der Waals surface area contributed by atoms with Crippen LogP contribution in [-0.4, -0.2) is 23.3 Å². The Morgan fingerprint density at radius 2 is 2.05 bits per heavy atom. The first-order valence-corrected chi connectivity index (χ1v) is 5.75. The first-order chi connectivity index (χ1) is 9.17. The van der Waals surface area contributed by atoms with E-state index in [9.17, 15) is 4.79 Å². The van der Waals surface area contributed by atoms with Crippen LogP contribution in [0.2, 0.25) is 0 Å². The molecule has 1 aromatic heterocycles. The van der Waals surface area contributed by atoms with Crippen LogP contribution < -0.4 is 10.1 Å². The second-order valence-corrected chi connectivity index (χ2v) is 3.99. The summed E-state index contributed by atoms with van der Waals surface area (Å²) in [5.74, 6) is 0.804.